The van der Waals surface area contributed by atoms with Gasteiger partial charge in [-0.1, -0.05) is 23.2 Å². The fourth-order valence-corrected chi connectivity index (χ4v) is 3.08. The largest absolute Gasteiger partial charge is 0.323 e. The van der Waals surface area contributed by atoms with E-state index in [0.29, 0.717) is 33.2 Å². The number of aromatic nitrogens is 5. The van der Waals surface area contributed by atoms with Gasteiger partial charge >= 0.3 is 0 Å². The zero-order chi connectivity index (χ0) is 19.7. The Labute approximate surface area is 170 Å². The van der Waals surface area contributed by atoms with E-state index in [1.807, 2.05) is 13.0 Å². The van der Waals surface area contributed by atoms with E-state index in [2.05, 4.69) is 25.6 Å². The Hall–Kier alpha value is -3.03. The second-order valence-corrected chi connectivity index (χ2v) is 6.82. The van der Waals surface area contributed by atoms with Crippen LogP contribution in [-0.4, -0.2) is 25.0 Å². The van der Waals surface area contributed by atoms with Crippen molar-refractivity contribution in [2.45, 2.75) is 6.92 Å². The summed E-state index contributed by atoms with van der Waals surface area (Å²) in [7, 11) is 0. The Bertz CT molecular complexity index is 1130. The first-order chi connectivity index (χ1) is 13.5. The van der Waals surface area contributed by atoms with Gasteiger partial charge in [0, 0.05) is 17.8 Å². The molecule has 1 aromatic carbocycles. The number of nitrogens with zero attached hydrogens (tertiary/aromatic N) is 5. The molecule has 0 aliphatic carbocycles. The van der Waals surface area contributed by atoms with Gasteiger partial charge in [0.2, 0.25) is 0 Å². The first-order valence-corrected chi connectivity index (χ1v) is 9.00. The third kappa shape index (κ3) is 3.81. The third-order valence-corrected chi connectivity index (χ3v) is 4.37. The quantitative estimate of drug-likeness (QED) is 0.495. The molecule has 4 rings (SSSR count). The normalized spacial score (nSPS) is 10.9. The van der Waals surface area contributed by atoms with Gasteiger partial charge in [-0.25, -0.2) is 9.37 Å². The summed E-state index contributed by atoms with van der Waals surface area (Å²) < 4.78 is 14.6. The van der Waals surface area contributed by atoms with Gasteiger partial charge in [0.05, 0.1) is 21.4 Å². The lowest BCUT2D eigenvalue weighted by molar-refractivity contribution is 0.628. The highest BCUT2D eigenvalue weighted by molar-refractivity contribution is 6.35. The number of benzene rings is 1. The highest BCUT2D eigenvalue weighted by atomic mass is 35.5. The van der Waals surface area contributed by atoms with Crippen molar-refractivity contribution in [3.63, 3.8) is 0 Å². The Morgan fingerprint density at radius 2 is 1.79 bits per heavy atom. The highest BCUT2D eigenvalue weighted by Crippen LogP contribution is 2.26. The minimum absolute atomic E-state index is 0.298. The molecular weight excluding hydrogens is 402 g/mol. The summed E-state index contributed by atoms with van der Waals surface area (Å²) in [5.74, 6) is 1.28. The molecule has 0 spiro atoms. The predicted octanol–water partition coefficient (Wildman–Crippen LogP) is 5.22. The summed E-state index contributed by atoms with van der Waals surface area (Å²) in [6.07, 6.45) is 1.50. The van der Waals surface area contributed by atoms with Gasteiger partial charge in [-0.15, -0.1) is 10.2 Å². The van der Waals surface area contributed by atoms with Crippen molar-refractivity contribution in [3.8, 4) is 17.1 Å². The van der Waals surface area contributed by atoms with Gasteiger partial charge in [-0.05, 0) is 49.4 Å². The second kappa shape index (κ2) is 7.53. The van der Waals surface area contributed by atoms with E-state index in [1.54, 1.807) is 35.0 Å². The average Bonchev–Trinajstić information content (AvgIpc) is 3.03. The number of halogens is 3. The molecule has 0 radical (unpaired) electrons. The van der Waals surface area contributed by atoms with Gasteiger partial charge in [0.25, 0.3) is 0 Å². The van der Waals surface area contributed by atoms with Crippen molar-refractivity contribution in [2.75, 3.05) is 5.32 Å². The predicted molar refractivity (Wildman–Crippen MR) is 107 cm³/mol. The first kappa shape index (κ1) is 18.3. The van der Waals surface area contributed by atoms with Crippen LogP contribution in [0.15, 0.2) is 54.7 Å². The van der Waals surface area contributed by atoms with Crippen LogP contribution in [-0.2, 0) is 0 Å². The maximum absolute atomic E-state index is 13.1. The second-order valence-electron chi connectivity index (χ2n) is 5.98. The van der Waals surface area contributed by atoms with Crippen LogP contribution in [0, 0.1) is 12.7 Å². The molecule has 1 N–H and O–H groups in total. The molecular formula is C19H13Cl2FN6. The molecule has 3 heterocycles. The molecule has 6 nitrogen and oxygen atoms in total. The molecule has 0 aliphatic heterocycles. The van der Waals surface area contributed by atoms with E-state index < -0.39 is 0 Å². The SMILES string of the molecule is Cc1cc(Nc2ccc(-c3ccc(F)cc3)nn2)n(-c2ncc(Cl)cc2Cl)n1. The Kier molecular flexibility index (Phi) is 4.93. The van der Waals surface area contributed by atoms with Crippen LogP contribution >= 0.6 is 23.2 Å². The number of aryl methyl sites for hydroxylation is 1. The fraction of sp³-hybridized carbons (Fsp3) is 0.0526. The van der Waals surface area contributed by atoms with E-state index in [4.69, 9.17) is 23.2 Å². The van der Waals surface area contributed by atoms with Crippen molar-refractivity contribution >= 4 is 34.8 Å². The zero-order valence-electron chi connectivity index (χ0n) is 14.6. The van der Waals surface area contributed by atoms with Gasteiger partial charge < -0.3 is 5.32 Å². The molecule has 28 heavy (non-hydrogen) atoms. The van der Waals surface area contributed by atoms with Gasteiger partial charge in [0.1, 0.15) is 11.6 Å². The van der Waals surface area contributed by atoms with E-state index in [-0.39, 0.29) is 5.82 Å². The van der Waals surface area contributed by atoms with E-state index >= 15 is 0 Å². The van der Waals surface area contributed by atoms with E-state index in [9.17, 15) is 4.39 Å². The van der Waals surface area contributed by atoms with Crippen LogP contribution in [0.5, 0.6) is 0 Å². The van der Waals surface area contributed by atoms with Crippen LogP contribution < -0.4 is 5.32 Å². The average molecular weight is 415 g/mol. The minimum atomic E-state index is -0.298. The van der Waals surface area contributed by atoms with Gasteiger partial charge in [0.15, 0.2) is 11.6 Å². The van der Waals surface area contributed by atoms with Crippen LogP contribution in [0.1, 0.15) is 5.69 Å². The van der Waals surface area contributed by atoms with E-state index in [0.717, 1.165) is 11.3 Å². The lowest BCUT2D eigenvalue weighted by atomic mass is 10.1. The number of rotatable bonds is 4. The van der Waals surface area contributed by atoms with Crippen LogP contribution in [0.4, 0.5) is 16.0 Å². The maximum Gasteiger partial charge on any atom is 0.174 e. The van der Waals surface area contributed by atoms with Gasteiger partial charge in [-0.3, -0.25) is 0 Å². The molecule has 9 heteroatoms. The summed E-state index contributed by atoms with van der Waals surface area (Å²) in [5, 5.41) is 16.8. The number of hydrogen-bond donors (Lipinski definition) is 1. The van der Waals surface area contributed by atoms with Crippen LogP contribution in [0.3, 0.4) is 0 Å². The summed E-state index contributed by atoms with van der Waals surface area (Å²) >= 11 is 12.2. The standard InChI is InChI=1S/C19H13Cl2FN6/c1-11-8-18(28(27-11)19-15(21)9-13(20)10-23-19)24-17-7-6-16(25-26-17)12-2-4-14(22)5-3-12/h2-10H,1H3,(H,24,26). The van der Waals surface area contributed by atoms with Crippen molar-refractivity contribution in [2.24, 2.45) is 0 Å². The fourth-order valence-electron chi connectivity index (χ4n) is 2.62. The lowest BCUT2D eigenvalue weighted by Crippen LogP contribution is -2.06. The number of pyridine rings is 1. The third-order valence-electron chi connectivity index (χ3n) is 3.88. The Balaban J connectivity index is 1.62. The molecule has 4 aromatic rings. The van der Waals surface area contributed by atoms with Crippen molar-refractivity contribution in [1.82, 2.24) is 25.0 Å². The minimum Gasteiger partial charge on any atom is -0.323 e. The van der Waals surface area contributed by atoms with E-state index in [1.165, 1.54) is 18.3 Å². The van der Waals surface area contributed by atoms with Crippen molar-refractivity contribution in [1.29, 1.82) is 0 Å². The zero-order valence-corrected chi connectivity index (χ0v) is 16.1. The monoisotopic (exact) mass is 414 g/mol. The molecule has 0 aliphatic rings. The summed E-state index contributed by atoms with van der Waals surface area (Å²) in [5.41, 5.74) is 2.18. The summed E-state index contributed by atoms with van der Waals surface area (Å²) in [4.78, 5) is 4.25. The molecule has 0 bridgehead atoms. The molecule has 0 atom stereocenters. The first-order valence-electron chi connectivity index (χ1n) is 8.24. The van der Waals surface area contributed by atoms with Crippen LogP contribution in [0.2, 0.25) is 10.0 Å². The summed E-state index contributed by atoms with van der Waals surface area (Å²) in [6, 6.07) is 13.1. The molecule has 3 aromatic heterocycles. The highest BCUT2D eigenvalue weighted by Gasteiger charge is 2.13. The molecule has 0 saturated heterocycles. The number of hydrogen-bond acceptors (Lipinski definition) is 5. The van der Waals surface area contributed by atoms with Crippen molar-refractivity contribution < 1.29 is 4.39 Å². The summed E-state index contributed by atoms with van der Waals surface area (Å²) in [6.45, 7) is 1.86. The molecule has 0 unspecified atom stereocenters. The number of nitrogens with one attached hydrogen (secondary N) is 1. The molecule has 0 fully saturated rings. The molecule has 0 amide bonds. The maximum atomic E-state index is 13.1. The Morgan fingerprint density at radius 1 is 1.00 bits per heavy atom. The topological polar surface area (TPSA) is 68.5 Å². The number of anilines is 2. The van der Waals surface area contributed by atoms with Crippen LogP contribution in [0.25, 0.3) is 17.1 Å². The lowest BCUT2D eigenvalue weighted by Gasteiger charge is -2.10. The van der Waals surface area contributed by atoms with Crippen molar-refractivity contribution in [3.05, 3.63) is 76.3 Å². The Morgan fingerprint density at radius 3 is 2.46 bits per heavy atom. The molecule has 0 saturated carbocycles. The molecule has 140 valence electrons. The van der Waals surface area contributed by atoms with Gasteiger partial charge in [-0.2, -0.15) is 9.78 Å². The smallest absolute Gasteiger partial charge is 0.174 e.